The number of amides is 1. The molecule has 1 amide bonds. The quantitative estimate of drug-likeness (QED) is 0.761. The monoisotopic (exact) mass is 397 g/mol. The van der Waals surface area contributed by atoms with Crippen LogP contribution in [0.5, 0.6) is 11.5 Å². The summed E-state index contributed by atoms with van der Waals surface area (Å²) in [6.07, 6.45) is -0.885. The van der Waals surface area contributed by atoms with Crippen LogP contribution >= 0.6 is 0 Å². The first kappa shape index (κ1) is 19.3. The van der Waals surface area contributed by atoms with E-state index in [1.54, 1.807) is 4.90 Å². The standard InChI is InChI=1S/C22H24N2O5/c1-16(25)29-21(18-5-3-2-4-6-18)22(26)24-11-9-23(10-12-24)14-17-7-8-19-20(13-17)28-15-27-19/h2-8,13,21H,9-12,14-15H2,1H3/p+1/t21-/m0/s1. The van der Waals surface area contributed by atoms with Crippen LogP contribution in [-0.2, 0) is 20.9 Å². The number of ether oxygens (including phenoxy) is 3. The fourth-order valence-corrected chi connectivity index (χ4v) is 3.78. The molecule has 7 nitrogen and oxygen atoms in total. The van der Waals surface area contributed by atoms with Crippen molar-refractivity contribution in [2.75, 3.05) is 33.0 Å². The number of fused-ring (bicyclic) bond motifs is 1. The highest BCUT2D eigenvalue weighted by molar-refractivity contribution is 5.84. The Morgan fingerprint density at radius 1 is 1.07 bits per heavy atom. The predicted octanol–water partition coefficient (Wildman–Crippen LogP) is 0.947. The highest BCUT2D eigenvalue weighted by atomic mass is 16.7. The number of nitrogens with one attached hydrogen (secondary N) is 1. The minimum Gasteiger partial charge on any atom is -0.454 e. The third kappa shape index (κ3) is 4.51. The number of piperazine rings is 1. The molecule has 0 bridgehead atoms. The third-order valence-corrected chi connectivity index (χ3v) is 5.28. The fraction of sp³-hybridized carbons (Fsp3) is 0.364. The second-order valence-electron chi connectivity index (χ2n) is 7.34. The molecule has 152 valence electrons. The van der Waals surface area contributed by atoms with Crippen molar-refractivity contribution in [3.63, 3.8) is 0 Å². The van der Waals surface area contributed by atoms with Gasteiger partial charge in [-0.05, 0) is 18.2 Å². The number of hydrogen-bond acceptors (Lipinski definition) is 5. The van der Waals surface area contributed by atoms with Crippen molar-refractivity contribution in [2.45, 2.75) is 19.6 Å². The van der Waals surface area contributed by atoms with Crippen molar-refractivity contribution in [1.29, 1.82) is 0 Å². The number of carbonyl (C=O) groups is 2. The zero-order chi connectivity index (χ0) is 20.2. The van der Waals surface area contributed by atoms with Gasteiger partial charge in [0.2, 0.25) is 12.9 Å². The van der Waals surface area contributed by atoms with E-state index in [1.165, 1.54) is 17.4 Å². The van der Waals surface area contributed by atoms with Crippen molar-refractivity contribution >= 4 is 11.9 Å². The van der Waals surface area contributed by atoms with E-state index in [9.17, 15) is 9.59 Å². The van der Waals surface area contributed by atoms with Crippen molar-refractivity contribution in [3.8, 4) is 11.5 Å². The van der Waals surface area contributed by atoms with Crippen LogP contribution in [0.15, 0.2) is 48.5 Å². The van der Waals surface area contributed by atoms with Crippen molar-refractivity contribution in [2.24, 2.45) is 0 Å². The summed E-state index contributed by atoms with van der Waals surface area (Å²) >= 11 is 0. The summed E-state index contributed by atoms with van der Waals surface area (Å²) in [6.45, 7) is 5.40. The van der Waals surface area contributed by atoms with Gasteiger partial charge in [0.15, 0.2) is 11.5 Å². The summed E-state index contributed by atoms with van der Waals surface area (Å²) in [4.78, 5) is 27.8. The first-order valence-corrected chi connectivity index (χ1v) is 9.83. The van der Waals surface area contributed by atoms with Gasteiger partial charge in [-0.3, -0.25) is 9.59 Å². The van der Waals surface area contributed by atoms with E-state index in [4.69, 9.17) is 14.2 Å². The first-order valence-electron chi connectivity index (χ1n) is 9.83. The molecule has 4 rings (SSSR count). The van der Waals surface area contributed by atoms with Crippen molar-refractivity contribution in [1.82, 2.24) is 4.90 Å². The zero-order valence-corrected chi connectivity index (χ0v) is 16.4. The molecule has 2 aliphatic heterocycles. The number of carbonyl (C=O) groups excluding carboxylic acids is 2. The van der Waals surface area contributed by atoms with Gasteiger partial charge in [0.1, 0.15) is 6.54 Å². The van der Waals surface area contributed by atoms with Gasteiger partial charge in [-0.25, -0.2) is 0 Å². The van der Waals surface area contributed by atoms with Gasteiger partial charge < -0.3 is 24.0 Å². The Hall–Kier alpha value is -3.06. The van der Waals surface area contributed by atoms with Gasteiger partial charge in [0, 0.05) is 18.1 Å². The predicted molar refractivity (Wildman–Crippen MR) is 104 cm³/mol. The van der Waals surface area contributed by atoms with Gasteiger partial charge in [0.05, 0.1) is 26.2 Å². The first-order chi connectivity index (χ1) is 14.1. The van der Waals surface area contributed by atoms with Crippen molar-refractivity contribution in [3.05, 3.63) is 59.7 Å². The maximum atomic E-state index is 13.0. The molecule has 0 aliphatic carbocycles. The summed E-state index contributed by atoms with van der Waals surface area (Å²) in [7, 11) is 0. The Kier molecular flexibility index (Phi) is 5.67. The topological polar surface area (TPSA) is 69.5 Å². The van der Waals surface area contributed by atoms with Gasteiger partial charge in [-0.1, -0.05) is 30.3 Å². The van der Waals surface area contributed by atoms with Crippen molar-refractivity contribution < 1.29 is 28.7 Å². The van der Waals surface area contributed by atoms with Crippen LogP contribution in [0, 0.1) is 0 Å². The Morgan fingerprint density at radius 3 is 2.52 bits per heavy atom. The summed E-state index contributed by atoms with van der Waals surface area (Å²) in [6, 6.07) is 15.2. The van der Waals surface area contributed by atoms with Crippen LogP contribution in [0.3, 0.4) is 0 Å². The molecule has 1 saturated heterocycles. The Morgan fingerprint density at radius 2 is 1.79 bits per heavy atom. The number of benzene rings is 2. The highest BCUT2D eigenvalue weighted by Gasteiger charge is 2.32. The molecule has 1 N–H and O–H groups in total. The van der Waals surface area contributed by atoms with E-state index in [-0.39, 0.29) is 12.7 Å². The van der Waals surface area contributed by atoms with Gasteiger partial charge in [0.25, 0.3) is 5.91 Å². The maximum Gasteiger partial charge on any atom is 0.303 e. The SMILES string of the molecule is CC(=O)O[C@H](C(=O)N1CC[NH+](Cc2ccc3c(c2)OCO3)CC1)c1ccccc1. The molecule has 0 radical (unpaired) electrons. The van der Waals surface area contributed by atoms with E-state index in [0.717, 1.165) is 31.1 Å². The second kappa shape index (κ2) is 8.53. The largest absolute Gasteiger partial charge is 0.454 e. The summed E-state index contributed by atoms with van der Waals surface area (Å²) in [5.41, 5.74) is 1.88. The molecule has 1 atom stereocenters. The normalized spacial score (nSPS) is 17.1. The fourth-order valence-electron chi connectivity index (χ4n) is 3.78. The Balaban J connectivity index is 1.36. The summed E-state index contributed by atoms with van der Waals surface area (Å²) < 4.78 is 16.2. The Labute approximate surface area is 169 Å². The molecule has 29 heavy (non-hydrogen) atoms. The van der Waals surface area contributed by atoms with E-state index >= 15 is 0 Å². The van der Waals surface area contributed by atoms with Crippen LogP contribution in [0.2, 0.25) is 0 Å². The number of rotatable bonds is 5. The molecule has 2 heterocycles. The summed E-state index contributed by atoms with van der Waals surface area (Å²) in [5.74, 6) is 0.965. The number of hydrogen-bond donors (Lipinski definition) is 1. The summed E-state index contributed by atoms with van der Waals surface area (Å²) in [5, 5.41) is 0. The lowest BCUT2D eigenvalue weighted by Crippen LogP contribution is -3.13. The lowest BCUT2D eigenvalue weighted by molar-refractivity contribution is -0.917. The van der Waals surface area contributed by atoms with Crippen LogP contribution in [-0.4, -0.2) is 49.7 Å². The van der Waals surface area contributed by atoms with Crippen LogP contribution in [0.1, 0.15) is 24.2 Å². The van der Waals surface area contributed by atoms with Crippen LogP contribution < -0.4 is 14.4 Å². The molecule has 7 heteroatoms. The number of nitrogens with zero attached hydrogens (tertiary/aromatic N) is 1. The molecule has 0 unspecified atom stereocenters. The molecule has 1 fully saturated rings. The van der Waals surface area contributed by atoms with Crippen LogP contribution in [0.4, 0.5) is 0 Å². The highest BCUT2D eigenvalue weighted by Crippen LogP contribution is 2.32. The average molecular weight is 397 g/mol. The second-order valence-corrected chi connectivity index (χ2v) is 7.34. The molecule has 2 aliphatic rings. The number of quaternary nitrogens is 1. The molecular formula is C22H25N2O5+. The molecule has 0 spiro atoms. The van der Waals surface area contributed by atoms with E-state index < -0.39 is 12.1 Å². The molecule has 0 saturated carbocycles. The molecule has 0 aromatic heterocycles. The lowest BCUT2D eigenvalue weighted by Gasteiger charge is -2.34. The third-order valence-electron chi connectivity index (χ3n) is 5.28. The smallest absolute Gasteiger partial charge is 0.303 e. The number of esters is 1. The van der Waals surface area contributed by atoms with E-state index in [0.29, 0.717) is 18.7 Å². The Bertz CT molecular complexity index is 878. The average Bonchev–Trinajstić information content (AvgIpc) is 3.20. The van der Waals surface area contributed by atoms with E-state index in [1.807, 2.05) is 42.5 Å². The zero-order valence-electron chi connectivity index (χ0n) is 16.4. The maximum absolute atomic E-state index is 13.0. The van der Waals surface area contributed by atoms with Gasteiger partial charge in [-0.2, -0.15) is 0 Å². The lowest BCUT2D eigenvalue weighted by atomic mass is 10.1. The van der Waals surface area contributed by atoms with Gasteiger partial charge in [-0.15, -0.1) is 0 Å². The molecule has 2 aromatic rings. The minimum absolute atomic E-state index is 0.159. The van der Waals surface area contributed by atoms with Crippen LogP contribution in [0.25, 0.3) is 0 Å². The molecule has 2 aromatic carbocycles. The van der Waals surface area contributed by atoms with Gasteiger partial charge >= 0.3 is 5.97 Å². The van der Waals surface area contributed by atoms with E-state index in [2.05, 4.69) is 6.07 Å². The minimum atomic E-state index is -0.885. The molecular weight excluding hydrogens is 372 g/mol.